The highest BCUT2D eigenvalue weighted by molar-refractivity contribution is 5.84. The summed E-state index contributed by atoms with van der Waals surface area (Å²) in [5.41, 5.74) is 0.176. The molecule has 1 N–H and O–H groups in total. The Hall–Kier alpha value is -1.86. The monoisotopic (exact) mass is 247 g/mol. The summed E-state index contributed by atoms with van der Waals surface area (Å²) in [5, 5.41) is 3.00. The molecule has 1 aromatic carbocycles. The lowest BCUT2D eigenvalue weighted by Crippen LogP contribution is -2.48. The Balaban J connectivity index is 2.50. The molecule has 1 aliphatic carbocycles. The number of carbonyl (C=O) groups is 1. The van der Waals surface area contributed by atoms with Crippen molar-refractivity contribution in [1.29, 1.82) is 0 Å². The number of hydrogen-bond acceptors (Lipinski definition) is 3. The van der Waals surface area contributed by atoms with Gasteiger partial charge in [0.05, 0.1) is 13.7 Å². The highest BCUT2D eigenvalue weighted by Crippen LogP contribution is 2.38. The van der Waals surface area contributed by atoms with Gasteiger partial charge in [-0.05, 0) is 30.0 Å². The number of carbonyl (C=O) groups excluding carboxylic acids is 1. The van der Waals surface area contributed by atoms with Crippen LogP contribution in [0.25, 0.3) is 0 Å². The minimum atomic E-state index is -1.02. The molecule has 0 radical (unpaired) electrons. The summed E-state index contributed by atoms with van der Waals surface area (Å²) < 4.78 is 18.5. The molecule has 0 fully saturated rings. The van der Waals surface area contributed by atoms with Gasteiger partial charge in [-0.1, -0.05) is 18.1 Å². The zero-order valence-electron chi connectivity index (χ0n) is 10.1. The molecular weight excluding hydrogens is 233 g/mol. The van der Waals surface area contributed by atoms with E-state index >= 15 is 0 Å². The summed E-state index contributed by atoms with van der Waals surface area (Å²) in [6, 6.07) is 4.73. The average molecular weight is 247 g/mol. The standard InChI is InChI=1S/C14H14FNO2/c1-3-9-16-14(13(17)18-2)8-7-10-11(14)5-4-6-12(10)15/h1,4-6,16H,7-9H2,2H3. The van der Waals surface area contributed by atoms with Gasteiger partial charge in [-0.3, -0.25) is 5.32 Å². The zero-order valence-corrected chi connectivity index (χ0v) is 10.1. The van der Waals surface area contributed by atoms with Gasteiger partial charge in [0, 0.05) is 0 Å². The molecule has 3 nitrogen and oxygen atoms in total. The van der Waals surface area contributed by atoms with Crippen LogP contribution in [0, 0.1) is 18.2 Å². The maximum atomic E-state index is 13.7. The predicted molar refractivity (Wildman–Crippen MR) is 65.3 cm³/mol. The van der Waals surface area contributed by atoms with Crippen molar-refractivity contribution in [2.45, 2.75) is 18.4 Å². The van der Waals surface area contributed by atoms with Crippen LogP contribution >= 0.6 is 0 Å². The van der Waals surface area contributed by atoms with Gasteiger partial charge in [-0.15, -0.1) is 6.42 Å². The van der Waals surface area contributed by atoms with Crippen LogP contribution in [0.4, 0.5) is 4.39 Å². The van der Waals surface area contributed by atoms with Crippen molar-refractivity contribution in [3.8, 4) is 12.3 Å². The molecule has 4 heteroatoms. The van der Waals surface area contributed by atoms with Crippen molar-refractivity contribution in [1.82, 2.24) is 5.32 Å². The third-order valence-corrected chi connectivity index (χ3v) is 3.35. The van der Waals surface area contributed by atoms with Gasteiger partial charge >= 0.3 is 5.97 Å². The van der Waals surface area contributed by atoms with Crippen molar-refractivity contribution in [3.05, 3.63) is 35.1 Å². The number of benzene rings is 1. The summed E-state index contributed by atoms with van der Waals surface area (Å²) in [7, 11) is 1.32. The first-order valence-corrected chi connectivity index (χ1v) is 5.70. The Labute approximate surface area is 105 Å². The van der Waals surface area contributed by atoms with Crippen molar-refractivity contribution in [2.75, 3.05) is 13.7 Å². The van der Waals surface area contributed by atoms with E-state index in [1.807, 2.05) is 0 Å². The molecule has 1 atom stereocenters. The summed E-state index contributed by atoms with van der Waals surface area (Å²) in [6.45, 7) is 0.227. The fraction of sp³-hybridized carbons (Fsp3) is 0.357. The second-order valence-electron chi connectivity index (χ2n) is 4.22. The summed E-state index contributed by atoms with van der Waals surface area (Å²) in [4.78, 5) is 12.0. The Morgan fingerprint density at radius 2 is 2.44 bits per heavy atom. The molecule has 0 heterocycles. The molecular formula is C14H14FNO2. The fourth-order valence-electron chi connectivity index (χ4n) is 2.50. The Bertz CT molecular complexity index is 521. The van der Waals surface area contributed by atoms with E-state index < -0.39 is 11.5 Å². The van der Waals surface area contributed by atoms with Crippen LogP contribution in [0.3, 0.4) is 0 Å². The zero-order chi connectivity index (χ0) is 13.2. The quantitative estimate of drug-likeness (QED) is 0.647. The molecule has 0 spiro atoms. The molecule has 18 heavy (non-hydrogen) atoms. The van der Waals surface area contributed by atoms with Crippen LogP contribution in [-0.4, -0.2) is 19.6 Å². The number of halogens is 1. The summed E-state index contributed by atoms with van der Waals surface area (Å²) in [6.07, 6.45) is 6.17. The van der Waals surface area contributed by atoms with Gasteiger partial charge in [-0.25, -0.2) is 9.18 Å². The topological polar surface area (TPSA) is 38.3 Å². The lowest BCUT2D eigenvalue weighted by Gasteiger charge is -2.27. The lowest BCUT2D eigenvalue weighted by molar-refractivity contribution is -0.149. The predicted octanol–water partition coefficient (Wildman–Crippen LogP) is 1.36. The van der Waals surface area contributed by atoms with Gasteiger partial charge in [0.1, 0.15) is 11.4 Å². The second-order valence-corrected chi connectivity index (χ2v) is 4.22. The first kappa shape index (κ1) is 12.6. The molecule has 0 saturated carbocycles. The third kappa shape index (κ3) is 1.77. The second kappa shape index (κ2) is 4.79. The van der Waals surface area contributed by atoms with Crippen molar-refractivity contribution in [2.24, 2.45) is 0 Å². The van der Waals surface area contributed by atoms with E-state index in [1.165, 1.54) is 13.2 Å². The van der Waals surface area contributed by atoms with E-state index in [9.17, 15) is 9.18 Å². The van der Waals surface area contributed by atoms with Crippen LogP contribution in [0.15, 0.2) is 18.2 Å². The molecule has 2 rings (SSSR count). The van der Waals surface area contributed by atoms with Gasteiger partial charge < -0.3 is 4.74 Å². The molecule has 0 aliphatic heterocycles. The number of ether oxygens (including phenoxy) is 1. The van der Waals surface area contributed by atoms with E-state index in [0.29, 0.717) is 24.0 Å². The number of fused-ring (bicyclic) bond motifs is 1. The Kier molecular flexibility index (Phi) is 3.35. The summed E-state index contributed by atoms with van der Waals surface area (Å²) >= 11 is 0. The van der Waals surface area contributed by atoms with Gasteiger partial charge in [-0.2, -0.15) is 0 Å². The number of esters is 1. The number of rotatable bonds is 3. The molecule has 1 aliphatic rings. The van der Waals surface area contributed by atoms with Crippen molar-refractivity contribution in [3.63, 3.8) is 0 Å². The maximum absolute atomic E-state index is 13.7. The highest BCUT2D eigenvalue weighted by atomic mass is 19.1. The van der Waals surface area contributed by atoms with Crippen LogP contribution in [0.1, 0.15) is 17.5 Å². The van der Waals surface area contributed by atoms with E-state index in [0.717, 1.165) is 0 Å². The summed E-state index contributed by atoms with van der Waals surface area (Å²) in [5.74, 6) is 1.71. The SMILES string of the molecule is C#CCNC1(C(=O)OC)CCc2c(F)cccc21. The van der Waals surface area contributed by atoms with Crippen LogP contribution in [-0.2, 0) is 21.5 Å². The van der Waals surface area contributed by atoms with Gasteiger partial charge in [0.25, 0.3) is 0 Å². The fourth-order valence-corrected chi connectivity index (χ4v) is 2.50. The maximum Gasteiger partial charge on any atom is 0.330 e. The Morgan fingerprint density at radius 3 is 3.11 bits per heavy atom. The van der Waals surface area contributed by atoms with Crippen molar-refractivity contribution >= 4 is 5.97 Å². The first-order valence-electron chi connectivity index (χ1n) is 5.70. The lowest BCUT2D eigenvalue weighted by atomic mass is 9.91. The molecule has 1 unspecified atom stereocenters. The van der Waals surface area contributed by atoms with E-state index in [4.69, 9.17) is 11.2 Å². The Morgan fingerprint density at radius 1 is 1.67 bits per heavy atom. The van der Waals surface area contributed by atoms with Gasteiger partial charge in [0.15, 0.2) is 0 Å². The normalized spacial score (nSPS) is 21.2. The molecule has 94 valence electrons. The highest BCUT2D eigenvalue weighted by Gasteiger charge is 2.46. The van der Waals surface area contributed by atoms with Crippen LogP contribution in [0.5, 0.6) is 0 Å². The minimum Gasteiger partial charge on any atom is -0.467 e. The molecule has 1 aromatic rings. The van der Waals surface area contributed by atoms with Crippen LogP contribution < -0.4 is 5.32 Å². The first-order chi connectivity index (χ1) is 8.65. The molecule has 0 bridgehead atoms. The smallest absolute Gasteiger partial charge is 0.330 e. The third-order valence-electron chi connectivity index (χ3n) is 3.35. The molecule has 0 amide bonds. The van der Waals surface area contributed by atoms with Gasteiger partial charge in [0.2, 0.25) is 0 Å². The minimum absolute atomic E-state index is 0.227. The average Bonchev–Trinajstić information content (AvgIpc) is 2.77. The number of methoxy groups -OCH3 is 1. The van der Waals surface area contributed by atoms with E-state index in [2.05, 4.69) is 11.2 Å². The van der Waals surface area contributed by atoms with Crippen molar-refractivity contribution < 1.29 is 13.9 Å². The number of hydrogen-bond donors (Lipinski definition) is 1. The number of terminal acetylenes is 1. The molecule has 0 aromatic heterocycles. The van der Waals surface area contributed by atoms with Crippen LogP contribution in [0.2, 0.25) is 0 Å². The molecule has 0 saturated heterocycles. The largest absolute Gasteiger partial charge is 0.467 e. The number of nitrogens with one attached hydrogen (secondary N) is 1. The van der Waals surface area contributed by atoms with E-state index in [1.54, 1.807) is 12.1 Å². The van der Waals surface area contributed by atoms with E-state index in [-0.39, 0.29) is 12.4 Å².